The van der Waals surface area contributed by atoms with Crippen molar-refractivity contribution in [2.75, 3.05) is 25.1 Å². The van der Waals surface area contributed by atoms with Gasteiger partial charge in [-0.3, -0.25) is 4.79 Å². The summed E-state index contributed by atoms with van der Waals surface area (Å²) in [5.74, 6) is -2.85. The van der Waals surface area contributed by atoms with Crippen molar-refractivity contribution in [1.29, 1.82) is 5.26 Å². The summed E-state index contributed by atoms with van der Waals surface area (Å²) >= 11 is 5.99. The molecule has 0 N–H and O–H groups in total. The van der Waals surface area contributed by atoms with Gasteiger partial charge < -0.3 is 9.64 Å². The second kappa shape index (κ2) is 6.17. The Kier molecular flexibility index (Phi) is 4.35. The van der Waals surface area contributed by atoms with E-state index in [4.69, 9.17) is 16.9 Å². The number of ether oxygens (including phenoxy) is 1. The molecule has 1 saturated heterocycles. The molecular weight excluding hydrogens is 340 g/mol. The van der Waals surface area contributed by atoms with Crippen molar-refractivity contribution in [3.63, 3.8) is 0 Å². The van der Waals surface area contributed by atoms with E-state index in [9.17, 15) is 13.6 Å². The van der Waals surface area contributed by atoms with Crippen LogP contribution in [0.15, 0.2) is 0 Å². The van der Waals surface area contributed by atoms with E-state index >= 15 is 0 Å². The maximum atomic E-state index is 14.2. The molecule has 2 heterocycles. The van der Waals surface area contributed by atoms with Crippen LogP contribution in [0.2, 0.25) is 5.15 Å². The zero-order chi connectivity index (χ0) is 17.5. The zero-order valence-electron chi connectivity index (χ0n) is 13.1. The van der Waals surface area contributed by atoms with Crippen molar-refractivity contribution in [2.45, 2.75) is 31.6 Å². The number of carbonyl (C=O) groups excluding carboxylic acids is 1. The number of hydrogen-bond donors (Lipinski definition) is 0. The van der Waals surface area contributed by atoms with E-state index in [1.165, 1.54) is 7.11 Å². The van der Waals surface area contributed by atoms with Crippen LogP contribution in [0.1, 0.15) is 36.0 Å². The Hall–Kier alpha value is -1.94. The minimum absolute atomic E-state index is 0.0891. The van der Waals surface area contributed by atoms with Gasteiger partial charge in [-0.25, -0.2) is 13.8 Å². The van der Waals surface area contributed by atoms with E-state index < -0.39 is 5.92 Å². The number of fused-ring (bicyclic) bond motifs is 1. The van der Waals surface area contributed by atoms with Crippen molar-refractivity contribution >= 4 is 23.4 Å². The smallest absolute Gasteiger partial charge is 0.305 e. The molecule has 0 aromatic carbocycles. The largest absolute Gasteiger partial charge is 0.469 e. The number of anilines is 1. The third-order valence-corrected chi connectivity index (χ3v) is 4.94. The average Bonchev–Trinajstić information content (AvgIpc) is 3.12. The van der Waals surface area contributed by atoms with E-state index in [1.54, 1.807) is 6.07 Å². The first-order valence-corrected chi connectivity index (χ1v) is 8.07. The highest BCUT2D eigenvalue weighted by atomic mass is 35.5. The van der Waals surface area contributed by atoms with Gasteiger partial charge in [0.2, 0.25) is 0 Å². The summed E-state index contributed by atoms with van der Waals surface area (Å²) in [6.07, 6.45) is 0.856. The van der Waals surface area contributed by atoms with E-state index in [0.29, 0.717) is 24.5 Å². The van der Waals surface area contributed by atoms with Gasteiger partial charge in [-0.15, -0.1) is 0 Å². The first-order valence-electron chi connectivity index (χ1n) is 7.70. The van der Waals surface area contributed by atoms with Crippen molar-refractivity contribution < 1.29 is 18.3 Å². The molecule has 1 atom stereocenters. The van der Waals surface area contributed by atoms with Gasteiger partial charge in [0.15, 0.2) is 0 Å². The molecule has 3 rings (SSSR count). The maximum absolute atomic E-state index is 14.2. The second-order valence-corrected chi connectivity index (χ2v) is 6.51. The molecule has 0 radical (unpaired) electrons. The molecule has 1 fully saturated rings. The highest BCUT2D eigenvalue weighted by Crippen LogP contribution is 2.48. The van der Waals surface area contributed by atoms with Crippen LogP contribution in [0.4, 0.5) is 14.6 Å². The number of pyridine rings is 1. The molecule has 1 aliphatic carbocycles. The lowest BCUT2D eigenvalue weighted by Gasteiger charge is -2.22. The lowest BCUT2D eigenvalue weighted by atomic mass is 10.0. The molecule has 0 saturated carbocycles. The monoisotopic (exact) mass is 355 g/mol. The standard InChI is InChI=1S/C16H16ClF2N3O2/c1-24-12(23)6-9-3-5-22(8-9)15-10-2-4-16(18,19)13(10)11(7-20)14(17)21-15/h9H,2-6,8H2,1H3. The van der Waals surface area contributed by atoms with Gasteiger partial charge in [-0.1, -0.05) is 11.6 Å². The van der Waals surface area contributed by atoms with Crippen LogP contribution in [-0.2, 0) is 21.9 Å². The van der Waals surface area contributed by atoms with E-state index in [2.05, 4.69) is 9.72 Å². The third kappa shape index (κ3) is 2.80. The number of halogens is 3. The zero-order valence-corrected chi connectivity index (χ0v) is 13.9. The highest BCUT2D eigenvalue weighted by molar-refractivity contribution is 6.30. The van der Waals surface area contributed by atoms with Gasteiger partial charge >= 0.3 is 5.97 Å². The molecule has 0 amide bonds. The van der Waals surface area contributed by atoms with E-state index in [0.717, 1.165) is 6.42 Å². The van der Waals surface area contributed by atoms with Crippen LogP contribution >= 0.6 is 11.6 Å². The molecule has 0 bridgehead atoms. The first-order chi connectivity index (χ1) is 11.4. The number of rotatable bonds is 3. The number of nitrogens with zero attached hydrogens (tertiary/aromatic N) is 3. The van der Waals surface area contributed by atoms with Crippen LogP contribution in [0.25, 0.3) is 0 Å². The fourth-order valence-corrected chi connectivity index (χ4v) is 3.72. The van der Waals surface area contributed by atoms with Crippen LogP contribution < -0.4 is 4.90 Å². The van der Waals surface area contributed by atoms with E-state index in [1.807, 2.05) is 4.90 Å². The van der Waals surface area contributed by atoms with Crippen molar-refractivity contribution in [3.05, 3.63) is 21.8 Å². The Bertz CT molecular complexity index is 733. The fraction of sp³-hybridized carbons (Fsp3) is 0.562. The summed E-state index contributed by atoms with van der Waals surface area (Å²) in [7, 11) is 1.34. The van der Waals surface area contributed by atoms with Gasteiger partial charge in [0, 0.05) is 30.6 Å². The SMILES string of the molecule is COC(=O)CC1CCN(c2nc(Cl)c(C#N)c3c2CCC3(F)F)C1. The van der Waals surface area contributed by atoms with Gasteiger partial charge in [0.1, 0.15) is 17.0 Å². The van der Waals surface area contributed by atoms with Crippen LogP contribution in [0.3, 0.4) is 0 Å². The molecule has 5 nitrogen and oxygen atoms in total. The normalized spacial score (nSPS) is 21.5. The van der Waals surface area contributed by atoms with Gasteiger partial charge in [-0.05, 0) is 18.8 Å². The Morgan fingerprint density at radius 2 is 2.33 bits per heavy atom. The quantitative estimate of drug-likeness (QED) is 0.616. The summed E-state index contributed by atoms with van der Waals surface area (Å²) in [6, 6.07) is 1.76. The molecule has 8 heteroatoms. The van der Waals surface area contributed by atoms with Crippen molar-refractivity contribution in [1.82, 2.24) is 4.98 Å². The van der Waals surface area contributed by atoms with Crippen LogP contribution in [0, 0.1) is 17.2 Å². The number of hydrogen-bond acceptors (Lipinski definition) is 5. The summed E-state index contributed by atoms with van der Waals surface area (Å²) in [5, 5.41) is 8.98. The van der Waals surface area contributed by atoms with Crippen molar-refractivity contribution in [3.8, 4) is 6.07 Å². The first kappa shape index (κ1) is 16.9. The highest BCUT2D eigenvalue weighted by Gasteiger charge is 2.45. The lowest BCUT2D eigenvalue weighted by Crippen LogP contribution is -2.24. The maximum Gasteiger partial charge on any atom is 0.305 e. The Morgan fingerprint density at radius 1 is 1.58 bits per heavy atom. The molecule has 0 spiro atoms. The minimum Gasteiger partial charge on any atom is -0.469 e. The third-order valence-electron chi connectivity index (χ3n) is 4.67. The number of aromatic nitrogens is 1. The van der Waals surface area contributed by atoms with Crippen molar-refractivity contribution in [2.24, 2.45) is 5.92 Å². The number of methoxy groups -OCH3 is 1. The van der Waals surface area contributed by atoms with Gasteiger partial charge in [0.05, 0.1) is 19.1 Å². The van der Waals surface area contributed by atoms with Crippen LogP contribution in [0.5, 0.6) is 0 Å². The summed E-state index contributed by atoms with van der Waals surface area (Å²) in [5.41, 5.74) is -0.112. The number of alkyl halides is 2. The predicted octanol–water partition coefficient (Wildman–Crippen LogP) is 3.03. The molecule has 1 aromatic rings. The van der Waals surface area contributed by atoms with Gasteiger partial charge in [0.25, 0.3) is 5.92 Å². The number of nitriles is 1. The summed E-state index contributed by atoms with van der Waals surface area (Å²) in [6.45, 7) is 1.14. The van der Waals surface area contributed by atoms with Gasteiger partial charge in [-0.2, -0.15) is 5.26 Å². The number of carbonyl (C=O) groups is 1. The second-order valence-electron chi connectivity index (χ2n) is 6.15. The molecule has 24 heavy (non-hydrogen) atoms. The molecule has 1 aromatic heterocycles. The lowest BCUT2D eigenvalue weighted by molar-refractivity contribution is -0.141. The molecule has 1 aliphatic heterocycles. The summed E-state index contributed by atoms with van der Waals surface area (Å²) in [4.78, 5) is 17.5. The predicted molar refractivity (Wildman–Crippen MR) is 83.1 cm³/mol. The Morgan fingerprint density at radius 3 is 3.00 bits per heavy atom. The average molecular weight is 356 g/mol. The molecule has 1 unspecified atom stereocenters. The number of esters is 1. The Balaban J connectivity index is 1.94. The fourth-order valence-electron chi connectivity index (χ4n) is 3.50. The summed E-state index contributed by atoms with van der Waals surface area (Å²) < 4.78 is 33.1. The minimum atomic E-state index is -3.06. The Labute approximate surface area is 143 Å². The molecule has 128 valence electrons. The van der Waals surface area contributed by atoms with E-state index in [-0.39, 0.29) is 47.4 Å². The topological polar surface area (TPSA) is 66.2 Å². The molecular formula is C16H16ClF2N3O2. The van der Waals surface area contributed by atoms with Crippen LogP contribution in [-0.4, -0.2) is 31.2 Å². The molecule has 2 aliphatic rings.